The van der Waals surface area contributed by atoms with Crippen LogP contribution in [0.1, 0.15) is 40.5 Å². The van der Waals surface area contributed by atoms with Gasteiger partial charge in [0.2, 0.25) is 0 Å². The van der Waals surface area contributed by atoms with Gasteiger partial charge < -0.3 is 15.7 Å². The second-order valence-electron chi connectivity index (χ2n) is 7.07. The van der Waals surface area contributed by atoms with Crippen molar-refractivity contribution in [1.82, 2.24) is 20.4 Å². The van der Waals surface area contributed by atoms with Crippen LogP contribution in [0.15, 0.2) is 41.2 Å². The van der Waals surface area contributed by atoms with Crippen molar-refractivity contribution in [2.24, 2.45) is 7.05 Å². The first-order valence-corrected chi connectivity index (χ1v) is 8.86. The molecule has 26 heavy (non-hydrogen) atoms. The van der Waals surface area contributed by atoms with Gasteiger partial charge in [0.15, 0.2) is 0 Å². The van der Waals surface area contributed by atoms with Crippen LogP contribution in [0.25, 0.3) is 0 Å². The summed E-state index contributed by atoms with van der Waals surface area (Å²) < 4.78 is 1.13. The molecule has 0 bridgehead atoms. The Morgan fingerprint density at radius 2 is 2.00 bits per heavy atom. The fourth-order valence-electron chi connectivity index (χ4n) is 4.30. The number of rotatable bonds is 2. The number of aromatic nitrogens is 2. The molecule has 2 aliphatic rings. The third-order valence-electron chi connectivity index (χ3n) is 5.69. The van der Waals surface area contributed by atoms with Crippen LogP contribution in [-0.2, 0) is 12.5 Å². The van der Waals surface area contributed by atoms with Crippen LogP contribution in [0.4, 0.5) is 0 Å². The van der Waals surface area contributed by atoms with Crippen LogP contribution in [0, 0.1) is 0 Å². The van der Waals surface area contributed by atoms with E-state index >= 15 is 0 Å². The summed E-state index contributed by atoms with van der Waals surface area (Å²) in [6.07, 6.45) is 0.962. The molecule has 2 atom stereocenters. The Balaban J connectivity index is 1.67. The third-order valence-corrected chi connectivity index (χ3v) is 5.69. The zero-order chi connectivity index (χ0) is 18.3. The second kappa shape index (κ2) is 6.34. The average Bonchev–Trinajstić information content (AvgIpc) is 2.88. The summed E-state index contributed by atoms with van der Waals surface area (Å²) in [5, 5.41) is 21.4. The summed E-state index contributed by atoms with van der Waals surface area (Å²) in [7, 11) is 1.50. The van der Waals surface area contributed by atoms with Crippen LogP contribution < -0.4 is 16.2 Å². The molecule has 136 valence electrons. The minimum Gasteiger partial charge on any atom is -0.390 e. The number of aliphatic hydroxyl groups excluding tert-OH is 1. The molecule has 7 nitrogen and oxygen atoms in total. The Kier molecular flexibility index (Phi) is 4.13. The van der Waals surface area contributed by atoms with Crippen molar-refractivity contribution in [3.8, 4) is 0 Å². The van der Waals surface area contributed by atoms with Gasteiger partial charge >= 0.3 is 0 Å². The summed E-state index contributed by atoms with van der Waals surface area (Å²) in [6.45, 7) is 1.68. The first-order valence-electron chi connectivity index (χ1n) is 8.86. The van der Waals surface area contributed by atoms with Crippen LogP contribution in [0.2, 0.25) is 0 Å². The lowest BCUT2D eigenvalue weighted by Gasteiger charge is -2.38. The van der Waals surface area contributed by atoms with E-state index < -0.39 is 18.1 Å². The predicted octanol–water partition coefficient (Wildman–Crippen LogP) is 0.247. The number of nitrogens with one attached hydrogen (secondary N) is 2. The molecule has 3 N–H and O–H groups in total. The van der Waals surface area contributed by atoms with Gasteiger partial charge in [0, 0.05) is 18.5 Å². The average molecular weight is 354 g/mol. The zero-order valence-corrected chi connectivity index (χ0v) is 14.6. The summed E-state index contributed by atoms with van der Waals surface area (Å²) >= 11 is 0. The third kappa shape index (κ3) is 2.55. The van der Waals surface area contributed by atoms with Crippen LogP contribution in [0.5, 0.6) is 0 Å². The Hall–Kier alpha value is -2.51. The van der Waals surface area contributed by atoms with Crippen LogP contribution >= 0.6 is 0 Å². The standard InChI is InChI=1S/C19H22N4O3/c1-23-15(24)7-6-14(22-23)18(26)21-16-12-4-2-3-5-13(12)19(17(16)25)8-10-20-11-9-19/h2-7,16-17,20,25H,8-11H2,1H3,(H,21,26)/t16-,17+/m0/s1. The van der Waals surface area contributed by atoms with Crippen molar-refractivity contribution in [3.63, 3.8) is 0 Å². The lowest BCUT2D eigenvalue weighted by atomic mass is 9.72. The molecule has 0 radical (unpaired) electrons. The maximum atomic E-state index is 12.7. The number of benzene rings is 1. The molecule has 1 aliphatic heterocycles. The van der Waals surface area contributed by atoms with E-state index in [0.29, 0.717) is 0 Å². The van der Waals surface area contributed by atoms with E-state index in [1.807, 2.05) is 18.2 Å². The molecule has 0 unspecified atom stereocenters. The molecule has 1 fully saturated rings. The molecule has 2 aromatic rings. The van der Waals surface area contributed by atoms with Crippen LogP contribution in [-0.4, -0.2) is 40.0 Å². The quantitative estimate of drug-likeness (QED) is 0.718. The highest BCUT2D eigenvalue weighted by molar-refractivity contribution is 5.92. The Labute approximate surface area is 151 Å². The molecule has 0 saturated carbocycles. The van der Waals surface area contributed by atoms with Crippen molar-refractivity contribution in [2.75, 3.05) is 13.1 Å². The second-order valence-corrected chi connectivity index (χ2v) is 7.07. The summed E-state index contributed by atoms with van der Waals surface area (Å²) in [4.78, 5) is 24.2. The first-order chi connectivity index (χ1) is 12.5. The maximum absolute atomic E-state index is 12.7. The van der Waals surface area contributed by atoms with E-state index in [9.17, 15) is 14.7 Å². The summed E-state index contributed by atoms with van der Waals surface area (Å²) in [5.41, 5.74) is 1.62. The number of amides is 1. The molecular formula is C19H22N4O3. The topological polar surface area (TPSA) is 96.2 Å². The molecule has 7 heteroatoms. The number of hydrogen-bond donors (Lipinski definition) is 3. The van der Waals surface area contributed by atoms with Crippen molar-refractivity contribution in [1.29, 1.82) is 0 Å². The van der Waals surface area contributed by atoms with Crippen molar-refractivity contribution < 1.29 is 9.90 Å². The Morgan fingerprint density at radius 3 is 2.73 bits per heavy atom. The highest BCUT2D eigenvalue weighted by atomic mass is 16.3. The number of nitrogens with zero attached hydrogens (tertiary/aromatic N) is 2. The molecule has 1 saturated heterocycles. The zero-order valence-electron chi connectivity index (χ0n) is 14.6. The van der Waals surface area contributed by atoms with E-state index in [-0.39, 0.29) is 16.7 Å². The first kappa shape index (κ1) is 16.9. The summed E-state index contributed by atoms with van der Waals surface area (Å²) in [5.74, 6) is -0.398. The van der Waals surface area contributed by atoms with Gasteiger partial charge in [-0.1, -0.05) is 24.3 Å². The fourth-order valence-corrected chi connectivity index (χ4v) is 4.30. The number of carbonyl (C=O) groups excluding carboxylic acids is 1. The van der Waals surface area contributed by atoms with Gasteiger partial charge in [-0.25, -0.2) is 4.68 Å². The molecule has 1 aromatic carbocycles. The number of hydrogen-bond acceptors (Lipinski definition) is 5. The molecule has 4 rings (SSSR count). The van der Waals surface area contributed by atoms with Crippen molar-refractivity contribution >= 4 is 5.91 Å². The summed E-state index contributed by atoms with van der Waals surface area (Å²) in [6, 6.07) is 10.2. The molecular weight excluding hydrogens is 332 g/mol. The normalized spacial score (nSPS) is 23.6. The largest absolute Gasteiger partial charge is 0.390 e. The van der Waals surface area contributed by atoms with E-state index in [2.05, 4.69) is 21.8 Å². The van der Waals surface area contributed by atoms with Gasteiger partial charge in [-0.15, -0.1) is 0 Å². The fraction of sp³-hybridized carbons (Fsp3) is 0.421. The van der Waals surface area contributed by atoms with E-state index in [1.54, 1.807) is 0 Å². The van der Waals surface area contributed by atoms with Crippen molar-refractivity contribution in [3.05, 3.63) is 63.6 Å². The van der Waals surface area contributed by atoms with Gasteiger partial charge in [0.05, 0.1) is 12.1 Å². The molecule has 1 aliphatic carbocycles. The minimum atomic E-state index is -0.696. The van der Waals surface area contributed by atoms with E-state index in [0.717, 1.165) is 41.7 Å². The Bertz CT molecular complexity index is 902. The van der Waals surface area contributed by atoms with Gasteiger partial charge in [0.25, 0.3) is 11.5 Å². The predicted molar refractivity (Wildman–Crippen MR) is 95.9 cm³/mol. The number of carbonyl (C=O) groups is 1. The highest BCUT2D eigenvalue weighted by Crippen LogP contribution is 2.49. The monoisotopic (exact) mass is 354 g/mol. The molecule has 2 heterocycles. The van der Waals surface area contributed by atoms with Gasteiger partial charge in [-0.2, -0.15) is 5.10 Å². The maximum Gasteiger partial charge on any atom is 0.272 e. The van der Waals surface area contributed by atoms with Gasteiger partial charge in [0.1, 0.15) is 5.69 Å². The lowest BCUT2D eigenvalue weighted by Crippen LogP contribution is -2.48. The van der Waals surface area contributed by atoms with Crippen LogP contribution in [0.3, 0.4) is 0 Å². The molecule has 1 amide bonds. The number of aryl methyl sites for hydroxylation is 1. The van der Waals surface area contributed by atoms with Gasteiger partial charge in [-0.3, -0.25) is 9.59 Å². The molecule has 1 aromatic heterocycles. The van der Waals surface area contributed by atoms with Gasteiger partial charge in [-0.05, 0) is 43.1 Å². The van der Waals surface area contributed by atoms with E-state index in [1.165, 1.54) is 19.2 Å². The SMILES string of the molecule is Cn1nc(C(=O)N[C@H]2c3ccccc3C3(CCNCC3)[C@@H]2O)ccc1=O. The number of aliphatic hydroxyl groups is 1. The van der Waals surface area contributed by atoms with Crippen molar-refractivity contribution in [2.45, 2.75) is 30.4 Å². The Morgan fingerprint density at radius 1 is 1.27 bits per heavy atom. The lowest BCUT2D eigenvalue weighted by molar-refractivity contribution is 0.0416. The van der Waals surface area contributed by atoms with E-state index in [4.69, 9.17) is 0 Å². The highest BCUT2D eigenvalue weighted by Gasteiger charge is 2.52. The molecule has 1 spiro atoms. The number of fused-ring (bicyclic) bond motifs is 2. The number of piperidine rings is 1. The smallest absolute Gasteiger partial charge is 0.272 e. The minimum absolute atomic E-state index is 0.156.